The topological polar surface area (TPSA) is 61.1 Å². The summed E-state index contributed by atoms with van der Waals surface area (Å²) in [6.45, 7) is 0. The molecule has 0 unspecified atom stereocenters. The molecule has 3 heteroatoms. The Hall–Kier alpha value is -2.60. The van der Waals surface area contributed by atoms with Crippen molar-refractivity contribution in [1.29, 1.82) is 5.26 Å². The van der Waals surface area contributed by atoms with E-state index in [0.29, 0.717) is 0 Å². The molecule has 0 aliphatic carbocycles. The lowest BCUT2D eigenvalue weighted by Crippen LogP contribution is -1.96. The molecule has 0 spiro atoms. The van der Waals surface area contributed by atoms with Crippen LogP contribution in [-0.2, 0) is 4.79 Å². The molecule has 0 fully saturated rings. The smallest absolute Gasteiger partial charge is 0.335 e. The van der Waals surface area contributed by atoms with Gasteiger partial charge in [0.2, 0.25) is 0 Å². The molecule has 0 heterocycles. The molecule has 0 saturated heterocycles. The maximum absolute atomic E-state index is 10.8. The molecule has 1 rings (SSSR count). The standard InChI is InChI=1S/C14H11NO2/c15-11-5-10-13(14(16)17)9-4-8-12-6-2-1-3-7-12/h1-10H,(H,16,17). The highest BCUT2D eigenvalue weighted by atomic mass is 16.4. The molecule has 0 aromatic heterocycles. The first-order chi connectivity index (χ1) is 8.24. The van der Waals surface area contributed by atoms with Gasteiger partial charge in [0.1, 0.15) is 0 Å². The zero-order valence-corrected chi connectivity index (χ0v) is 9.08. The van der Waals surface area contributed by atoms with Crippen molar-refractivity contribution in [3.05, 3.63) is 65.8 Å². The average molecular weight is 225 g/mol. The predicted molar refractivity (Wildman–Crippen MR) is 65.9 cm³/mol. The van der Waals surface area contributed by atoms with Crippen molar-refractivity contribution in [2.24, 2.45) is 0 Å². The zero-order chi connectivity index (χ0) is 12.5. The second-order valence-electron chi connectivity index (χ2n) is 3.16. The number of carboxylic acids is 1. The number of hydrogen-bond acceptors (Lipinski definition) is 2. The SMILES string of the molecule is N#CC=CC(=CC=Cc1ccccc1)C(=O)O. The van der Waals surface area contributed by atoms with E-state index >= 15 is 0 Å². The van der Waals surface area contributed by atoms with Gasteiger partial charge >= 0.3 is 5.97 Å². The maximum atomic E-state index is 10.8. The van der Waals surface area contributed by atoms with Gasteiger partial charge in [-0.1, -0.05) is 42.5 Å². The molecule has 3 nitrogen and oxygen atoms in total. The number of rotatable bonds is 4. The summed E-state index contributed by atoms with van der Waals surface area (Å²) in [5.74, 6) is -1.06. The van der Waals surface area contributed by atoms with Gasteiger partial charge in [-0.15, -0.1) is 0 Å². The second-order valence-corrected chi connectivity index (χ2v) is 3.16. The summed E-state index contributed by atoms with van der Waals surface area (Å²) in [7, 11) is 0. The fourth-order valence-corrected chi connectivity index (χ4v) is 1.15. The minimum Gasteiger partial charge on any atom is -0.478 e. The van der Waals surface area contributed by atoms with Crippen molar-refractivity contribution in [3.8, 4) is 6.07 Å². The molecule has 0 aliphatic heterocycles. The van der Waals surface area contributed by atoms with Crippen LogP contribution in [0.4, 0.5) is 0 Å². The van der Waals surface area contributed by atoms with Gasteiger partial charge in [0.05, 0.1) is 11.6 Å². The highest BCUT2D eigenvalue weighted by molar-refractivity contribution is 5.90. The summed E-state index contributed by atoms with van der Waals surface area (Å²) < 4.78 is 0. The minimum absolute atomic E-state index is 0.0683. The number of hydrogen-bond donors (Lipinski definition) is 1. The van der Waals surface area contributed by atoms with Crippen LogP contribution in [0.2, 0.25) is 0 Å². The quantitative estimate of drug-likeness (QED) is 0.487. The second kappa shape index (κ2) is 6.81. The van der Waals surface area contributed by atoms with Gasteiger partial charge in [0.15, 0.2) is 0 Å². The molecule has 17 heavy (non-hydrogen) atoms. The Balaban J connectivity index is 2.80. The fourth-order valence-electron chi connectivity index (χ4n) is 1.15. The third-order valence-electron chi connectivity index (χ3n) is 1.95. The van der Waals surface area contributed by atoms with Gasteiger partial charge in [-0.25, -0.2) is 4.79 Å². The minimum atomic E-state index is -1.06. The Labute approximate surface area is 99.6 Å². The van der Waals surface area contributed by atoms with Gasteiger partial charge in [-0.3, -0.25) is 0 Å². The van der Waals surface area contributed by atoms with E-state index < -0.39 is 5.97 Å². The van der Waals surface area contributed by atoms with Crippen LogP contribution < -0.4 is 0 Å². The van der Waals surface area contributed by atoms with Gasteiger partial charge < -0.3 is 5.11 Å². The molecule has 0 amide bonds. The number of nitrogens with zero attached hydrogens (tertiary/aromatic N) is 1. The van der Waals surface area contributed by atoms with E-state index in [1.807, 2.05) is 30.3 Å². The van der Waals surface area contributed by atoms with E-state index in [-0.39, 0.29) is 5.57 Å². The largest absolute Gasteiger partial charge is 0.478 e. The molecule has 0 bridgehead atoms. The van der Waals surface area contributed by atoms with Crippen LogP contribution in [0.25, 0.3) is 6.08 Å². The fraction of sp³-hybridized carbons (Fsp3) is 0. The van der Waals surface area contributed by atoms with Crippen LogP contribution in [0.5, 0.6) is 0 Å². The van der Waals surface area contributed by atoms with Crippen molar-refractivity contribution in [1.82, 2.24) is 0 Å². The van der Waals surface area contributed by atoms with E-state index in [1.54, 1.807) is 18.2 Å². The van der Waals surface area contributed by atoms with Gasteiger partial charge in [0.25, 0.3) is 0 Å². The Morgan fingerprint density at radius 2 is 2.00 bits per heavy atom. The number of nitriles is 1. The normalized spacial score (nSPS) is 11.8. The molecule has 1 aromatic carbocycles. The van der Waals surface area contributed by atoms with Crippen molar-refractivity contribution in [2.75, 3.05) is 0 Å². The Morgan fingerprint density at radius 3 is 2.59 bits per heavy atom. The lowest BCUT2D eigenvalue weighted by molar-refractivity contribution is -0.132. The van der Waals surface area contributed by atoms with E-state index in [0.717, 1.165) is 11.6 Å². The Bertz CT molecular complexity index is 505. The van der Waals surface area contributed by atoms with Crippen molar-refractivity contribution >= 4 is 12.0 Å². The summed E-state index contributed by atoms with van der Waals surface area (Å²) in [5, 5.41) is 17.2. The van der Waals surface area contributed by atoms with Crippen LogP contribution in [0.1, 0.15) is 5.56 Å². The van der Waals surface area contributed by atoms with Gasteiger partial charge in [-0.2, -0.15) is 5.26 Å². The summed E-state index contributed by atoms with van der Waals surface area (Å²) >= 11 is 0. The number of aliphatic carboxylic acids is 1. The molecule has 0 atom stereocenters. The predicted octanol–water partition coefficient (Wildman–Crippen LogP) is 2.79. The molecule has 1 aromatic rings. The number of carboxylic acid groups (broad SMARTS) is 1. The summed E-state index contributed by atoms with van der Waals surface area (Å²) in [5.41, 5.74) is 1.05. The molecular formula is C14H11NO2. The van der Waals surface area contributed by atoms with Crippen LogP contribution in [0, 0.1) is 11.3 Å². The summed E-state index contributed by atoms with van der Waals surface area (Å²) in [4.78, 5) is 10.8. The van der Waals surface area contributed by atoms with E-state index in [2.05, 4.69) is 0 Å². The Kier molecular flexibility index (Phi) is 4.99. The van der Waals surface area contributed by atoms with E-state index in [1.165, 1.54) is 12.2 Å². The highest BCUT2D eigenvalue weighted by Gasteiger charge is 1.99. The average Bonchev–Trinajstić information content (AvgIpc) is 2.34. The summed E-state index contributed by atoms with van der Waals surface area (Å²) in [6.07, 6.45) is 7.28. The lowest BCUT2D eigenvalue weighted by atomic mass is 10.2. The molecule has 0 radical (unpaired) electrons. The molecular weight excluding hydrogens is 214 g/mol. The van der Waals surface area contributed by atoms with Gasteiger partial charge in [-0.05, 0) is 17.7 Å². The molecule has 0 saturated carbocycles. The highest BCUT2D eigenvalue weighted by Crippen LogP contribution is 2.03. The maximum Gasteiger partial charge on any atom is 0.335 e. The van der Waals surface area contributed by atoms with Crippen LogP contribution in [0.3, 0.4) is 0 Å². The third kappa shape index (κ3) is 4.63. The number of benzene rings is 1. The number of carbonyl (C=O) groups is 1. The summed E-state index contributed by atoms with van der Waals surface area (Å²) in [6, 6.07) is 11.3. The van der Waals surface area contributed by atoms with Crippen LogP contribution >= 0.6 is 0 Å². The number of allylic oxidation sites excluding steroid dienone is 3. The van der Waals surface area contributed by atoms with Crippen LogP contribution in [0.15, 0.2) is 60.2 Å². The van der Waals surface area contributed by atoms with Crippen molar-refractivity contribution in [3.63, 3.8) is 0 Å². The first kappa shape index (κ1) is 12.5. The molecule has 1 N–H and O–H groups in total. The first-order valence-electron chi connectivity index (χ1n) is 4.97. The molecule has 84 valence electrons. The van der Waals surface area contributed by atoms with Crippen molar-refractivity contribution in [2.45, 2.75) is 0 Å². The molecule has 0 aliphatic rings. The first-order valence-corrected chi connectivity index (χ1v) is 4.97. The monoisotopic (exact) mass is 225 g/mol. The van der Waals surface area contributed by atoms with Crippen LogP contribution in [-0.4, -0.2) is 11.1 Å². The lowest BCUT2D eigenvalue weighted by Gasteiger charge is -1.91. The van der Waals surface area contributed by atoms with E-state index in [9.17, 15) is 4.79 Å². The third-order valence-corrected chi connectivity index (χ3v) is 1.95. The van der Waals surface area contributed by atoms with Crippen molar-refractivity contribution < 1.29 is 9.90 Å². The van der Waals surface area contributed by atoms with E-state index in [4.69, 9.17) is 10.4 Å². The Morgan fingerprint density at radius 1 is 1.29 bits per heavy atom. The van der Waals surface area contributed by atoms with Gasteiger partial charge in [0, 0.05) is 6.08 Å². The zero-order valence-electron chi connectivity index (χ0n) is 9.08.